The maximum absolute atomic E-state index is 11.2. The third-order valence-electron chi connectivity index (χ3n) is 2.81. The number of hydrogen-bond donors (Lipinski definition) is 2. The lowest BCUT2D eigenvalue weighted by Gasteiger charge is -2.18. The van der Waals surface area contributed by atoms with Gasteiger partial charge in [-0.25, -0.2) is 0 Å². The third-order valence-corrected chi connectivity index (χ3v) is 2.81. The van der Waals surface area contributed by atoms with Crippen LogP contribution in [0, 0.1) is 0 Å². The molecule has 1 heterocycles. The Balaban J connectivity index is 2.68. The van der Waals surface area contributed by atoms with Gasteiger partial charge in [-0.2, -0.15) is 0 Å². The van der Waals surface area contributed by atoms with Crippen molar-refractivity contribution in [1.29, 1.82) is 0 Å². The molecule has 3 N–H and O–H groups in total. The first-order chi connectivity index (χ1) is 7.39. The lowest BCUT2D eigenvalue weighted by Crippen LogP contribution is -2.12. The van der Waals surface area contributed by atoms with Crippen LogP contribution in [0.2, 0.25) is 0 Å². The molecule has 2 aromatic rings. The van der Waals surface area contributed by atoms with Crippen molar-refractivity contribution in [2.75, 3.05) is 0 Å². The van der Waals surface area contributed by atoms with Gasteiger partial charge in [0.1, 0.15) is 0 Å². The van der Waals surface area contributed by atoms with Crippen molar-refractivity contribution in [3.8, 4) is 0 Å². The molecule has 1 amide bonds. The summed E-state index contributed by atoms with van der Waals surface area (Å²) in [6.45, 7) is 6.43. The Labute approximate surface area is 94.6 Å². The quantitative estimate of drug-likeness (QED) is 0.756. The van der Waals surface area contributed by atoms with Crippen molar-refractivity contribution in [3.05, 3.63) is 35.5 Å². The number of primary amides is 1. The fourth-order valence-corrected chi connectivity index (χ4v) is 1.79. The first-order valence-electron chi connectivity index (χ1n) is 5.31. The predicted molar refractivity (Wildman–Crippen MR) is 65.5 cm³/mol. The molecule has 0 aliphatic heterocycles. The fourth-order valence-electron chi connectivity index (χ4n) is 1.79. The zero-order chi connectivity index (χ0) is 11.9. The minimum absolute atomic E-state index is 0.0698. The van der Waals surface area contributed by atoms with Crippen LogP contribution < -0.4 is 5.73 Å². The third kappa shape index (κ3) is 1.69. The van der Waals surface area contributed by atoms with Crippen LogP contribution in [0.5, 0.6) is 0 Å². The Morgan fingerprint density at radius 3 is 2.56 bits per heavy atom. The number of benzene rings is 1. The highest BCUT2D eigenvalue weighted by molar-refractivity contribution is 6.06. The molecule has 1 aromatic heterocycles. The van der Waals surface area contributed by atoms with Gasteiger partial charge in [0, 0.05) is 17.1 Å². The Morgan fingerprint density at radius 1 is 1.31 bits per heavy atom. The summed E-state index contributed by atoms with van der Waals surface area (Å²) in [7, 11) is 0. The second kappa shape index (κ2) is 3.37. The van der Waals surface area contributed by atoms with Crippen LogP contribution >= 0.6 is 0 Å². The summed E-state index contributed by atoms with van der Waals surface area (Å²) in [5.74, 6) is -0.391. The van der Waals surface area contributed by atoms with E-state index in [0.717, 1.165) is 10.9 Å². The van der Waals surface area contributed by atoms with Crippen LogP contribution in [0.15, 0.2) is 24.4 Å². The van der Waals surface area contributed by atoms with Gasteiger partial charge >= 0.3 is 0 Å². The lowest BCUT2D eigenvalue weighted by atomic mass is 9.86. The molecule has 84 valence electrons. The Hall–Kier alpha value is -1.77. The smallest absolute Gasteiger partial charge is 0.250 e. The van der Waals surface area contributed by atoms with Crippen molar-refractivity contribution < 1.29 is 4.79 Å². The number of fused-ring (bicyclic) bond motifs is 1. The van der Waals surface area contributed by atoms with Crippen molar-refractivity contribution >= 4 is 16.8 Å². The zero-order valence-electron chi connectivity index (χ0n) is 9.79. The van der Waals surface area contributed by atoms with Crippen molar-refractivity contribution in [1.82, 2.24) is 4.98 Å². The molecule has 0 fully saturated rings. The number of carbonyl (C=O) groups is 1. The molecule has 0 bridgehead atoms. The summed E-state index contributed by atoms with van der Waals surface area (Å²) in [4.78, 5) is 14.3. The molecule has 0 unspecified atom stereocenters. The number of nitrogens with two attached hydrogens (primary N) is 1. The molecule has 0 aliphatic carbocycles. The van der Waals surface area contributed by atoms with Gasteiger partial charge in [-0.1, -0.05) is 26.8 Å². The number of rotatable bonds is 1. The molecule has 0 radical (unpaired) electrons. The van der Waals surface area contributed by atoms with E-state index in [2.05, 4.69) is 31.8 Å². The van der Waals surface area contributed by atoms with E-state index in [1.54, 1.807) is 6.20 Å². The second-order valence-corrected chi connectivity index (χ2v) is 5.08. The lowest BCUT2D eigenvalue weighted by molar-refractivity contribution is 0.100. The molecule has 16 heavy (non-hydrogen) atoms. The molecule has 1 aromatic carbocycles. The summed E-state index contributed by atoms with van der Waals surface area (Å²) in [6.07, 6.45) is 1.67. The standard InChI is InChI=1S/C13H16N2O/c1-13(2,3)8-4-5-11-9(6-8)10(7-15-11)12(14)16/h4-7,15H,1-3H3,(H2,14,16). The maximum atomic E-state index is 11.2. The van der Waals surface area contributed by atoms with Gasteiger partial charge in [0.25, 0.3) is 5.91 Å². The summed E-state index contributed by atoms with van der Waals surface area (Å²) in [5.41, 5.74) is 8.09. The first kappa shape index (κ1) is 10.7. The minimum atomic E-state index is -0.391. The van der Waals surface area contributed by atoms with Crippen LogP contribution in [0.1, 0.15) is 36.7 Å². The van der Waals surface area contributed by atoms with Crippen LogP contribution in [0.3, 0.4) is 0 Å². The van der Waals surface area contributed by atoms with E-state index in [-0.39, 0.29) is 5.41 Å². The minimum Gasteiger partial charge on any atom is -0.366 e. The van der Waals surface area contributed by atoms with Crippen molar-refractivity contribution in [2.45, 2.75) is 26.2 Å². The van der Waals surface area contributed by atoms with Gasteiger partial charge in [-0.15, -0.1) is 0 Å². The van der Waals surface area contributed by atoms with Crippen LogP contribution in [-0.2, 0) is 5.41 Å². The summed E-state index contributed by atoms with van der Waals surface area (Å²) < 4.78 is 0. The highest BCUT2D eigenvalue weighted by Crippen LogP contribution is 2.27. The van der Waals surface area contributed by atoms with E-state index in [9.17, 15) is 4.79 Å². The van der Waals surface area contributed by atoms with E-state index < -0.39 is 5.91 Å². The second-order valence-electron chi connectivity index (χ2n) is 5.08. The van der Waals surface area contributed by atoms with Gasteiger partial charge in [0.2, 0.25) is 0 Å². The average molecular weight is 216 g/mol. The van der Waals surface area contributed by atoms with Crippen molar-refractivity contribution in [3.63, 3.8) is 0 Å². The van der Waals surface area contributed by atoms with Gasteiger partial charge in [-0.3, -0.25) is 4.79 Å². The number of aromatic amines is 1. The number of nitrogens with one attached hydrogen (secondary N) is 1. The first-order valence-corrected chi connectivity index (χ1v) is 5.31. The SMILES string of the molecule is CC(C)(C)c1ccc2[nH]cc(C(N)=O)c2c1. The highest BCUT2D eigenvalue weighted by Gasteiger charge is 2.16. The molecule has 0 spiro atoms. The van der Waals surface area contributed by atoms with Gasteiger partial charge < -0.3 is 10.7 Å². The molecular weight excluding hydrogens is 200 g/mol. The predicted octanol–water partition coefficient (Wildman–Crippen LogP) is 2.56. The summed E-state index contributed by atoms with van der Waals surface area (Å²) in [5, 5.41) is 0.903. The van der Waals surface area contributed by atoms with E-state index in [0.29, 0.717) is 5.56 Å². The van der Waals surface area contributed by atoms with E-state index >= 15 is 0 Å². The van der Waals surface area contributed by atoms with E-state index in [4.69, 9.17) is 5.73 Å². The number of carbonyl (C=O) groups excluding carboxylic acids is 1. The van der Waals surface area contributed by atoms with Gasteiger partial charge in [0.05, 0.1) is 5.56 Å². The Bertz CT molecular complexity index is 547. The molecule has 0 saturated carbocycles. The average Bonchev–Trinajstić information content (AvgIpc) is 2.58. The fraction of sp³-hybridized carbons (Fsp3) is 0.308. The molecule has 0 saturated heterocycles. The molecule has 0 aliphatic rings. The number of H-pyrrole nitrogens is 1. The van der Waals surface area contributed by atoms with Crippen LogP contribution in [-0.4, -0.2) is 10.9 Å². The van der Waals surface area contributed by atoms with E-state index in [1.165, 1.54) is 5.56 Å². The van der Waals surface area contributed by atoms with Crippen LogP contribution in [0.4, 0.5) is 0 Å². The number of aromatic nitrogens is 1. The van der Waals surface area contributed by atoms with Crippen LogP contribution in [0.25, 0.3) is 10.9 Å². The Morgan fingerprint density at radius 2 is 2.00 bits per heavy atom. The zero-order valence-corrected chi connectivity index (χ0v) is 9.79. The Kier molecular flexibility index (Phi) is 2.26. The van der Waals surface area contributed by atoms with Crippen molar-refractivity contribution in [2.24, 2.45) is 5.73 Å². The maximum Gasteiger partial charge on any atom is 0.250 e. The molecule has 3 nitrogen and oxygen atoms in total. The molecule has 2 rings (SSSR count). The molecule has 0 atom stereocenters. The van der Waals surface area contributed by atoms with Gasteiger partial charge in [-0.05, 0) is 23.1 Å². The monoisotopic (exact) mass is 216 g/mol. The topological polar surface area (TPSA) is 58.9 Å². The largest absolute Gasteiger partial charge is 0.366 e. The van der Waals surface area contributed by atoms with E-state index in [1.807, 2.05) is 12.1 Å². The number of hydrogen-bond acceptors (Lipinski definition) is 1. The molecule has 3 heteroatoms. The summed E-state index contributed by atoms with van der Waals surface area (Å²) >= 11 is 0. The summed E-state index contributed by atoms with van der Waals surface area (Å²) in [6, 6.07) is 6.10. The van der Waals surface area contributed by atoms with Gasteiger partial charge in [0.15, 0.2) is 0 Å². The normalized spacial score (nSPS) is 11.9. The highest BCUT2D eigenvalue weighted by atomic mass is 16.1. The molecular formula is C13H16N2O. The number of amides is 1.